The summed E-state index contributed by atoms with van der Waals surface area (Å²) < 4.78 is 57.0. The van der Waals surface area contributed by atoms with Gasteiger partial charge in [0.15, 0.2) is 12.3 Å². The quantitative estimate of drug-likeness (QED) is 0.470. The maximum absolute atomic E-state index is 14.8. The molecule has 2 heterocycles. The van der Waals surface area contributed by atoms with Crippen molar-refractivity contribution in [2.75, 3.05) is 40.6 Å². The molecule has 37 heavy (non-hydrogen) atoms. The number of rotatable bonds is 6. The predicted octanol–water partition coefficient (Wildman–Crippen LogP) is 5.65. The first-order valence-electron chi connectivity index (χ1n) is 12.4. The molecule has 2 fully saturated rings. The molecule has 4 rings (SSSR count). The second-order valence-corrected chi connectivity index (χ2v) is 9.19. The first-order valence-corrected chi connectivity index (χ1v) is 12.4. The zero-order chi connectivity index (χ0) is 26.1. The standard InChI is InChI=1S/C30H32F2O5/c1-33-29(11-17-36-18-12-29)25-7-3-5-23(21-25)27(31)9-15-35-16-10-28(32)24-6-4-8-26(22-24)30(34-2)13-19-37-20-14-30/h3-8,21-22,27-28H,11-14,17-20H2,1-2H3. The number of halogens is 2. The van der Waals surface area contributed by atoms with Crippen LogP contribution in [0.15, 0.2) is 48.5 Å². The zero-order valence-electron chi connectivity index (χ0n) is 21.2. The van der Waals surface area contributed by atoms with E-state index in [1.54, 1.807) is 50.6 Å². The molecule has 0 amide bonds. The molecule has 5 nitrogen and oxygen atoms in total. The van der Waals surface area contributed by atoms with Gasteiger partial charge in [0.2, 0.25) is 0 Å². The largest absolute Gasteiger partial charge is 0.381 e. The summed E-state index contributed by atoms with van der Waals surface area (Å²) in [7, 11) is 3.32. The lowest BCUT2D eigenvalue weighted by Crippen LogP contribution is -2.35. The van der Waals surface area contributed by atoms with Gasteiger partial charge in [-0.15, -0.1) is 0 Å². The molecule has 0 aromatic heterocycles. The smallest absolute Gasteiger partial charge is 0.189 e. The van der Waals surface area contributed by atoms with Crippen LogP contribution in [0, 0.1) is 24.1 Å². The number of benzene rings is 2. The molecule has 0 saturated carbocycles. The number of hydrogen-bond acceptors (Lipinski definition) is 5. The molecule has 2 atom stereocenters. The Balaban J connectivity index is 1.39. The van der Waals surface area contributed by atoms with Gasteiger partial charge in [-0.2, -0.15) is 0 Å². The van der Waals surface area contributed by atoms with E-state index in [0.29, 0.717) is 63.2 Å². The van der Waals surface area contributed by atoms with Gasteiger partial charge in [-0.1, -0.05) is 36.4 Å². The summed E-state index contributed by atoms with van der Waals surface area (Å²) in [6.07, 6.45) is 4.10. The lowest BCUT2D eigenvalue weighted by Gasteiger charge is -2.36. The van der Waals surface area contributed by atoms with Gasteiger partial charge >= 0.3 is 0 Å². The molecule has 2 saturated heterocycles. The third kappa shape index (κ3) is 6.32. The maximum Gasteiger partial charge on any atom is 0.189 e. The van der Waals surface area contributed by atoms with E-state index in [4.69, 9.17) is 23.7 Å². The molecule has 2 unspecified atom stereocenters. The highest BCUT2D eigenvalue weighted by Crippen LogP contribution is 2.38. The molecule has 2 aromatic rings. The van der Waals surface area contributed by atoms with Crippen LogP contribution in [0.2, 0.25) is 0 Å². The van der Waals surface area contributed by atoms with Crippen molar-refractivity contribution < 1.29 is 32.5 Å². The Morgan fingerprint density at radius 2 is 1.11 bits per heavy atom. The predicted molar refractivity (Wildman–Crippen MR) is 135 cm³/mol. The average Bonchev–Trinajstić information content (AvgIpc) is 2.97. The highest BCUT2D eigenvalue weighted by molar-refractivity contribution is 5.34. The number of alkyl halides is 2. The van der Waals surface area contributed by atoms with Crippen molar-refractivity contribution in [2.45, 2.75) is 49.2 Å². The molecule has 0 bridgehead atoms. The van der Waals surface area contributed by atoms with Crippen molar-refractivity contribution in [2.24, 2.45) is 0 Å². The average molecular weight is 511 g/mol. The molecule has 0 spiro atoms. The van der Waals surface area contributed by atoms with Gasteiger partial charge in [0.25, 0.3) is 0 Å². The minimum absolute atomic E-state index is 0.393. The summed E-state index contributed by atoms with van der Waals surface area (Å²) in [5.41, 5.74) is 1.57. The molecule has 2 aromatic carbocycles. The van der Waals surface area contributed by atoms with E-state index in [2.05, 4.69) is 24.1 Å². The highest BCUT2D eigenvalue weighted by atomic mass is 19.1. The van der Waals surface area contributed by atoms with Crippen molar-refractivity contribution in [3.8, 4) is 24.1 Å². The van der Waals surface area contributed by atoms with Gasteiger partial charge in [-0.05, 0) is 46.2 Å². The van der Waals surface area contributed by atoms with E-state index in [9.17, 15) is 8.78 Å². The van der Waals surface area contributed by atoms with Gasteiger partial charge < -0.3 is 23.7 Å². The minimum Gasteiger partial charge on any atom is -0.381 e. The molecular weight excluding hydrogens is 478 g/mol. The van der Waals surface area contributed by atoms with Gasteiger partial charge in [0.05, 0.1) is 11.2 Å². The summed E-state index contributed by atoms with van der Waals surface area (Å²) in [5.74, 6) is 4.76. The van der Waals surface area contributed by atoms with Crippen LogP contribution in [0.5, 0.6) is 0 Å². The van der Waals surface area contributed by atoms with Gasteiger partial charge in [0.1, 0.15) is 12.2 Å². The summed E-state index contributed by atoms with van der Waals surface area (Å²) in [5, 5.41) is 0. The lowest BCUT2D eigenvalue weighted by molar-refractivity contribution is -0.0950. The van der Waals surface area contributed by atoms with Gasteiger partial charge in [0, 0.05) is 66.3 Å². The van der Waals surface area contributed by atoms with Crippen LogP contribution >= 0.6 is 0 Å². The number of ether oxygens (including phenoxy) is 5. The fourth-order valence-electron chi connectivity index (χ4n) is 4.94. The monoisotopic (exact) mass is 510 g/mol. The molecule has 2 aliphatic heterocycles. The Kier molecular flexibility index (Phi) is 9.18. The summed E-state index contributed by atoms with van der Waals surface area (Å²) in [4.78, 5) is 0. The third-order valence-electron chi connectivity index (χ3n) is 7.27. The fraction of sp³-hybridized carbons (Fsp3) is 0.467. The first-order chi connectivity index (χ1) is 18.0. The maximum atomic E-state index is 14.8. The van der Waals surface area contributed by atoms with Crippen LogP contribution < -0.4 is 0 Å². The Hall–Kier alpha value is -2.94. The Morgan fingerprint density at radius 3 is 1.49 bits per heavy atom. The Bertz CT molecular complexity index is 1070. The van der Waals surface area contributed by atoms with Crippen LogP contribution in [-0.4, -0.2) is 40.6 Å². The first kappa shape index (κ1) is 27.1. The van der Waals surface area contributed by atoms with E-state index in [1.165, 1.54) is 0 Å². The van der Waals surface area contributed by atoms with Crippen molar-refractivity contribution in [1.82, 2.24) is 0 Å². The van der Waals surface area contributed by atoms with Crippen LogP contribution in [-0.2, 0) is 34.9 Å². The fourth-order valence-corrected chi connectivity index (χ4v) is 4.94. The summed E-state index contributed by atoms with van der Waals surface area (Å²) in [6, 6.07) is 14.3. The van der Waals surface area contributed by atoms with Crippen LogP contribution in [0.25, 0.3) is 0 Å². The van der Waals surface area contributed by atoms with E-state index in [-0.39, 0.29) is 0 Å². The molecule has 0 radical (unpaired) electrons. The Labute approximate surface area is 217 Å². The number of methoxy groups -OCH3 is 2. The second kappa shape index (κ2) is 12.5. The van der Waals surface area contributed by atoms with Gasteiger partial charge in [-0.25, -0.2) is 8.78 Å². The minimum atomic E-state index is -1.59. The summed E-state index contributed by atoms with van der Waals surface area (Å²) in [6.45, 7) is 2.36. The molecule has 2 aliphatic rings. The topological polar surface area (TPSA) is 46.2 Å². The highest BCUT2D eigenvalue weighted by Gasteiger charge is 2.35. The molecule has 196 valence electrons. The second-order valence-electron chi connectivity index (χ2n) is 9.19. The zero-order valence-corrected chi connectivity index (χ0v) is 21.2. The lowest BCUT2D eigenvalue weighted by atomic mass is 9.85. The van der Waals surface area contributed by atoms with Crippen LogP contribution in [0.1, 0.15) is 60.3 Å². The Morgan fingerprint density at radius 1 is 0.703 bits per heavy atom. The van der Waals surface area contributed by atoms with Crippen LogP contribution in [0.3, 0.4) is 0 Å². The molecule has 0 aliphatic carbocycles. The van der Waals surface area contributed by atoms with E-state index in [1.807, 2.05) is 12.1 Å². The normalized spacial score (nSPS) is 19.9. The van der Waals surface area contributed by atoms with Crippen molar-refractivity contribution in [3.05, 3.63) is 70.8 Å². The summed E-state index contributed by atoms with van der Waals surface area (Å²) >= 11 is 0. The number of hydrogen-bond donors (Lipinski definition) is 0. The molecule has 0 N–H and O–H groups in total. The van der Waals surface area contributed by atoms with Gasteiger partial charge in [-0.3, -0.25) is 0 Å². The van der Waals surface area contributed by atoms with E-state index >= 15 is 0 Å². The molecule has 7 heteroatoms. The van der Waals surface area contributed by atoms with Crippen molar-refractivity contribution in [3.63, 3.8) is 0 Å². The van der Waals surface area contributed by atoms with E-state index < -0.39 is 23.5 Å². The third-order valence-corrected chi connectivity index (χ3v) is 7.27. The van der Waals surface area contributed by atoms with Crippen LogP contribution in [0.4, 0.5) is 8.78 Å². The molecular formula is C30H32F2O5. The van der Waals surface area contributed by atoms with E-state index in [0.717, 1.165) is 11.1 Å². The van der Waals surface area contributed by atoms with Crippen molar-refractivity contribution >= 4 is 0 Å². The van der Waals surface area contributed by atoms with Crippen molar-refractivity contribution in [1.29, 1.82) is 0 Å². The SMILES string of the molecule is COC1(c2cccc(C(F)C#COC#CC(F)c3cccc(C4(OC)CCOCC4)c3)c2)CCOCC1.